The molecule has 112 valence electrons. The van der Waals surface area contributed by atoms with Crippen LogP contribution in [0.15, 0.2) is 35.8 Å². The Hall–Kier alpha value is -2.19. The molecule has 2 aromatic heterocycles. The molecule has 0 aliphatic rings. The molecule has 0 bridgehead atoms. The van der Waals surface area contributed by atoms with Gasteiger partial charge < -0.3 is 4.57 Å². The van der Waals surface area contributed by atoms with E-state index in [1.54, 1.807) is 19.1 Å². The molecule has 3 aromatic rings. The summed E-state index contributed by atoms with van der Waals surface area (Å²) in [6.45, 7) is 5.91. The first-order valence-corrected chi connectivity index (χ1v) is 7.97. The quantitative estimate of drug-likeness (QED) is 0.692. The molecule has 2 heterocycles. The lowest BCUT2D eigenvalue weighted by molar-refractivity contribution is 0.100. The fourth-order valence-corrected chi connectivity index (χ4v) is 3.61. The Bertz CT molecular complexity index is 938. The number of hydrogen-bond donors (Lipinski definition) is 0. The number of thiazole rings is 1. The highest BCUT2D eigenvalue weighted by molar-refractivity contribution is 7.16. The number of fused-ring (bicyclic) bond motifs is 1. The number of benzene rings is 1. The molecule has 0 atom stereocenters. The monoisotopic (exact) mass is 334 g/mol. The van der Waals surface area contributed by atoms with Crippen molar-refractivity contribution < 1.29 is 9.18 Å². The van der Waals surface area contributed by atoms with Gasteiger partial charge in [-0.15, -0.1) is 11.7 Å². The van der Waals surface area contributed by atoms with Crippen LogP contribution in [0.4, 0.5) is 4.39 Å². The number of nitrogens with zero attached hydrogens (tertiary/aromatic N) is 4. The summed E-state index contributed by atoms with van der Waals surface area (Å²) in [7, 11) is 0. The number of carbonyl (C=O) groups excluding carboxylic acids is 1. The molecule has 5 nitrogen and oxygen atoms in total. The first-order valence-electron chi connectivity index (χ1n) is 6.38. The summed E-state index contributed by atoms with van der Waals surface area (Å²) in [4.78, 5) is 17.3. The zero-order valence-corrected chi connectivity index (χ0v) is 13.2. The maximum absolute atomic E-state index is 13.4. The van der Waals surface area contributed by atoms with E-state index in [9.17, 15) is 9.18 Å². The van der Waals surface area contributed by atoms with Crippen LogP contribution in [-0.2, 0) is 6.54 Å². The second kappa shape index (κ2) is 5.90. The summed E-state index contributed by atoms with van der Waals surface area (Å²) in [6.07, 6.45) is 1.71. The predicted molar refractivity (Wildman–Crippen MR) is 84.5 cm³/mol. The van der Waals surface area contributed by atoms with E-state index in [1.165, 1.54) is 23.5 Å². The van der Waals surface area contributed by atoms with Crippen molar-refractivity contribution in [1.29, 1.82) is 0 Å². The van der Waals surface area contributed by atoms with Gasteiger partial charge in [-0.1, -0.05) is 21.9 Å². The summed E-state index contributed by atoms with van der Waals surface area (Å²) in [5.41, 5.74) is 1.37. The second-order valence-electron chi connectivity index (χ2n) is 4.50. The van der Waals surface area contributed by atoms with Gasteiger partial charge in [0.2, 0.25) is 0 Å². The van der Waals surface area contributed by atoms with Gasteiger partial charge in [-0.2, -0.15) is 4.99 Å². The van der Waals surface area contributed by atoms with Gasteiger partial charge in [-0.3, -0.25) is 4.79 Å². The first kappa shape index (κ1) is 14.7. The average molecular weight is 334 g/mol. The Kier molecular flexibility index (Phi) is 3.95. The summed E-state index contributed by atoms with van der Waals surface area (Å²) >= 11 is 2.28. The van der Waals surface area contributed by atoms with E-state index in [0.717, 1.165) is 21.7 Å². The Morgan fingerprint density at radius 1 is 1.55 bits per heavy atom. The van der Waals surface area contributed by atoms with Gasteiger partial charge >= 0.3 is 0 Å². The molecule has 3 rings (SSSR count). The molecule has 0 unspecified atom stereocenters. The molecule has 1 amide bonds. The standard InChI is InChI=1S/C14H11FN4OS2/c1-3-6-19-10-5-4-9(15)7-11(10)21-14(19)16-13(20)12-8(2)17-18-22-12/h3-5,7H,1,6H2,2H3. The maximum atomic E-state index is 13.4. The third-order valence-electron chi connectivity index (χ3n) is 3.00. The third kappa shape index (κ3) is 2.62. The molecule has 0 spiro atoms. The van der Waals surface area contributed by atoms with Crippen LogP contribution in [0.3, 0.4) is 0 Å². The van der Waals surface area contributed by atoms with Crippen molar-refractivity contribution in [3.63, 3.8) is 0 Å². The van der Waals surface area contributed by atoms with Crippen LogP contribution in [-0.4, -0.2) is 20.1 Å². The fourth-order valence-electron chi connectivity index (χ4n) is 2.00. The molecule has 0 N–H and O–H groups in total. The van der Waals surface area contributed by atoms with Crippen molar-refractivity contribution >= 4 is 39.0 Å². The highest BCUT2D eigenvalue weighted by atomic mass is 32.1. The van der Waals surface area contributed by atoms with Crippen LogP contribution in [0.25, 0.3) is 10.2 Å². The summed E-state index contributed by atoms with van der Waals surface area (Å²) in [5.74, 6) is -0.711. The Morgan fingerprint density at radius 2 is 2.36 bits per heavy atom. The topological polar surface area (TPSA) is 60.1 Å². The smallest absolute Gasteiger partial charge is 0.293 e. The maximum Gasteiger partial charge on any atom is 0.293 e. The lowest BCUT2D eigenvalue weighted by Crippen LogP contribution is -2.16. The molecule has 0 radical (unpaired) electrons. The number of rotatable bonds is 3. The number of hydrogen-bond acceptors (Lipinski definition) is 5. The summed E-state index contributed by atoms with van der Waals surface area (Å²) < 4.78 is 19.7. The molecule has 0 aliphatic carbocycles. The van der Waals surface area contributed by atoms with Crippen molar-refractivity contribution in [2.24, 2.45) is 4.99 Å². The van der Waals surface area contributed by atoms with E-state index in [1.807, 2.05) is 4.57 Å². The molecule has 0 aliphatic heterocycles. The molecule has 0 saturated heterocycles. The van der Waals surface area contributed by atoms with Crippen LogP contribution < -0.4 is 4.80 Å². The van der Waals surface area contributed by atoms with E-state index in [-0.39, 0.29) is 5.82 Å². The minimum Gasteiger partial charge on any atom is -0.312 e. The van der Waals surface area contributed by atoms with Crippen LogP contribution in [0, 0.1) is 12.7 Å². The van der Waals surface area contributed by atoms with E-state index in [4.69, 9.17) is 0 Å². The Labute approximate surface area is 133 Å². The SMILES string of the molecule is C=CCn1c(=NC(=O)c2snnc2C)sc2cc(F)ccc21. The number of halogens is 1. The van der Waals surface area contributed by atoms with Gasteiger partial charge in [0, 0.05) is 6.54 Å². The van der Waals surface area contributed by atoms with Crippen molar-refractivity contribution in [3.8, 4) is 0 Å². The summed E-state index contributed by atoms with van der Waals surface area (Å²) in [5, 5.41) is 3.81. The number of allylic oxidation sites excluding steroid dienone is 1. The van der Waals surface area contributed by atoms with Gasteiger partial charge in [0.25, 0.3) is 5.91 Å². The van der Waals surface area contributed by atoms with Crippen molar-refractivity contribution in [2.75, 3.05) is 0 Å². The third-order valence-corrected chi connectivity index (χ3v) is 4.86. The van der Waals surface area contributed by atoms with Gasteiger partial charge in [-0.05, 0) is 36.7 Å². The molecule has 0 saturated carbocycles. The minimum absolute atomic E-state index is 0.320. The highest BCUT2D eigenvalue weighted by Crippen LogP contribution is 2.19. The normalized spacial score (nSPS) is 12.0. The Balaban J connectivity index is 2.19. The molecule has 8 heteroatoms. The zero-order valence-electron chi connectivity index (χ0n) is 11.6. The first-order chi connectivity index (χ1) is 10.6. The minimum atomic E-state index is -0.391. The molecule has 22 heavy (non-hydrogen) atoms. The molecular weight excluding hydrogens is 323 g/mol. The number of aromatic nitrogens is 3. The molecule has 1 aromatic carbocycles. The van der Waals surface area contributed by atoms with Crippen molar-refractivity contribution in [3.05, 3.63) is 52.0 Å². The number of aryl methyl sites for hydroxylation is 1. The Morgan fingerprint density at radius 3 is 3.05 bits per heavy atom. The lowest BCUT2D eigenvalue weighted by atomic mass is 10.3. The van der Waals surface area contributed by atoms with Crippen molar-refractivity contribution in [1.82, 2.24) is 14.2 Å². The molecular formula is C14H11FN4OS2. The van der Waals surface area contributed by atoms with Gasteiger partial charge in [-0.25, -0.2) is 4.39 Å². The van der Waals surface area contributed by atoms with E-state index >= 15 is 0 Å². The number of amides is 1. The largest absolute Gasteiger partial charge is 0.312 e. The van der Waals surface area contributed by atoms with E-state index in [0.29, 0.717) is 21.9 Å². The second-order valence-corrected chi connectivity index (χ2v) is 6.26. The van der Waals surface area contributed by atoms with Gasteiger partial charge in [0.1, 0.15) is 10.7 Å². The fraction of sp³-hybridized carbons (Fsp3) is 0.143. The van der Waals surface area contributed by atoms with Gasteiger partial charge in [0.05, 0.1) is 15.9 Å². The van der Waals surface area contributed by atoms with Crippen molar-refractivity contribution in [2.45, 2.75) is 13.5 Å². The summed E-state index contributed by atoms with van der Waals surface area (Å²) in [6, 6.07) is 4.49. The van der Waals surface area contributed by atoms with Crippen LogP contribution in [0.5, 0.6) is 0 Å². The lowest BCUT2D eigenvalue weighted by Gasteiger charge is -2.00. The van der Waals surface area contributed by atoms with E-state index < -0.39 is 5.91 Å². The zero-order chi connectivity index (χ0) is 15.7. The average Bonchev–Trinajstić information content (AvgIpc) is 3.03. The van der Waals surface area contributed by atoms with E-state index in [2.05, 4.69) is 21.2 Å². The molecule has 0 fully saturated rings. The van der Waals surface area contributed by atoms with Crippen LogP contribution >= 0.6 is 22.9 Å². The predicted octanol–water partition coefficient (Wildman–Crippen LogP) is 2.93. The highest BCUT2D eigenvalue weighted by Gasteiger charge is 2.14. The van der Waals surface area contributed by atoms with Crippen LogP contribution in [0.1, 0.15) is 15.4 Å². The van der Waals surface area contributed by atoms with Crippen LogP contribution in [0.2, 0.25) is 0 Å². The number of carbonyl (C=O) groups is 1. The van der Waals surface area contributed by atoms with Gasteiger partial charge in [0.15, 0.2) is 4.80 Å².